The first-order valence-corrected chi connectivity index (χ1v) is 8.49. The molecular formula is C17H19F4N3O. The molecule has 4 unspecified atom stereocenters. The van der Waals surface area contributed by atoms with E-state index in [9.17, 15) is 22.4 Å². The SMILES string of the molecule is O=C(NCc1cccc(C(F)(F)F)c1F)N1C2CCC1C1CNCC12. The highest BCUT2D eigenvalue weighted by Gasteiger charge is 2.56. The number of carbonyl (C=O) groups is 1. The minimum Gasteiger partial charge on any atom is -0.334 e. The van der Waals surface area contributed by atoms with Crippen LogP contribution in [0.25, 0.3) is 0 Å². The summed E-state index contributed by atoms with van der Waals surface area (Å²) < 4.78 is 52.4. The molecular weight excluding hydrogens is 338 g/mol. The Kier molecular flexibility index (Phi) is 3.90. The Bertz CT molecular complexity index is 675. The van der Waals surface area contributed by atoms with Crippen LogP contribution in [0.4, 0.5) is 22.4 Å². The van der Waals surface area contributed by atoms with E-state index in [1.165, 1.54) is 6.07 Å². The molecule has 0 saturated carbocycles. The lowest BCUT2D eigenvalue weighted by Crippen LogP contribution is -2.45. The molecule has 4 rings (SSSR count). The van der Waals surface area contributed by atoms with Crippen LogP contribution in [-0.2, 0) is 12.7 Å². The van der Waals surface area contributed by atoms with Gasteiger partial charge >= 0.3 is 12.2 Å². The van der Waals surface area contributed by atoms with E-state index in [2.05, 4.69) is 10.6 Å². The molecule has 2 bridgehead atoms. The Labute approximate surface area is 142 Å². The third-order valence-corrected chi connectivity index (χ3v) is 5.82. The number of amides is 2. The summed E-state index contributed by atoms with van der Waals surface area (Å²) in [4.78, 5) is 14.4. The van der Waals surface area contributed by atoms with Crippen molar-refractivity contribution in [3.05, 3.63) is 35.1 Å². The van der Waals surface area contributed by atoms with E-state index in [1.54, 1.807) is 0 Å². The van der Waals surface area contributed by atoms with Crippen LogP contribution in [0, 0.1) is 17.7 Å². The van der Waals surface area contributed by atoms with Gasteiger partial charge in [0.15, 0.2) is 0 Å². The minimum absolute atomic E-state index is 0.156. The van der Waals surface area contributed by atoms with Gasteiger partial charge in [0.25, 0.3) is 0 Å². The van der Waals surface area contributed by atoms with Gasteiger partial charge in [0.2, 0.25) is 0 Å². The first-order chi connectivity index (χ1) is 11.9. The fourth-order valence-corrected chi connectivity index (χ4v) is 4.77. The molecule has 1 aromatic rings. The first kappa shape index (κ1) is 16.6. The van der Waals surface area contributed by atoms with Gasteiger partial charge in [-0.1, -0.05) is 12.1 Å². The van der Waals surface area contributed by atoms with Crippen LogP contribution in [0.5, 0.6) is 0 Å². The van der Waals surface area contributed by atoms with Crippen LogP contribution in [0.1, 0.15) is 24.0 Å². The van der Waals surface area contributed by atoms with Crippen LogP contribution in [0.2, 0.25) is 0 Å². The molecule has 3 aliphatic rings. The summed E-state index contributed by atoms with van der Waals surface area (Å²) in [7, 11) is 0. The molecule has 0 radical (unpaired) electrons. The van der Waals surface area contributed by atoms with Crippen LogP contribution in [0.15, 0.2) is 18.2 Å². The summed E-state index contributed by atoms with van der Waals surface area (Å²) in [5.41, 5.74) is -1.46. The van der Waals surface area contributed by atoms with Crippen molar-refractivity contribution in [1.82, 2.24) is 15.5 Å². The van der Waals surface area contributed by atoms with Crippen molar-refractivity contribution < 1.29 is 22.4 Å². The van der Waals surface area contributed by atoms with Gasteiger partial charge in [0.05, 0.1) is 5.56 Å². The smallest absolute Gasteiger partial charge is 0.334 e. The number of hydrogen-bond donors (Lipinski definition) is 2. The van der Waals surface area contributed by atoms with Gasteiger partial charge in [0.1, 0.15) is 5.82 Å². The molecule has 4 nitrogen and oxygen atoms in total. The highest BCUT2D eigenvalue weighted by atomic mass is 19.4. The van der Waals surface area contributed by atoms with Crippen LogP contribution >= 0.6 is 0 Å². The number of urea groups is 1. The summed E-state index contributed by atoms with van der Waals surface area (Å²) in [6.07, 6.45) is -2.83. The number of carbonyl (C=O) groups excluding carboxylic acids is 1. The lowest BCUT2D eigenvalue weighted by molar-refractivity contribution is -0.140. The Morgan fingerprint density at radius 1 is 1.20 bits per heavy atom. The number of alkyl halides is 3. The third kappa shape index (κ3) is 2.67. The van der Waals surface area contributed by atoms with Gasteiger partial charge in [-0.15, -0.1) is 0 Å². The lowest BCUT2D eigenvalue weighted by atomic mass is 9.82. The highest BCUT2D eigenvalue weighted by Crippen LogP contribution is 2.47. The molecule has 2 amide bonds. The number of nitrogens with zero attached hydrogens (tertiary/aromatic N) is 1. The van der Waals surface area contributed by atoms with Gasteiger partial charge in [0, 0.05) is 37.3 Å². The monoisotopic (exact) mass is 357 g/mol. The molecule has 3 aliphatic heterocycles. The zero-order valence-electron chi connectivity index (χ0n) is 13.4. The number of fused-ring (bicyclic) bond motifs is 5. The summed E-state index contributed by atoms with van der Waals surface area (Å²) >= 11 is 0. The average Bonchev–Trinajstić information content (AvgIpc) is 3.24. The molecule has 3 saturated heterocycles. The van der Waals surface area contributed by atoms with E-state index in [4.69, 9.17) is 0 Å². The van der Waals surface area contributed by atoms with E-state index in [0.29, 0.717) is 17.9 Å². The van der Waals surface area contributed by atoms with Crippen LogP contribution in [0.3, 0.4) is 0 Å². The number of hydrogen-bond acceptors (Lipinski definition) is 2. The Balaban J connectivity index is 1.45. The van der Waals surface area contributed by atoms with Gasteiger partial charge < -0.3 is 15.5 Å². The molecule has 25 heavy (non-hydrogen) atoms. The largest absolute Gasteiger partial charge is 0.419 e. The van der Waals surface area contributed by atoms with E-state index in [1.807, 2.05) is 4.90 Å². The molecule has 0 aliphatic carbocycles. The maximum atomic E-state index is 14.1. The van der Waals surface area contributed by atoms with Gasteiger partial charge in [-0.3, -0.25) is 0 Å². The van der Waals surface area contributed by atoms with Crippen LogP contribution < -0.4 is 10.6 Å². The summed E-state index contributed by atoms with van der Waals surface area (Å²) in [6.45, 7) is 1.55. The molecule has 0 aromatic heterocycles. The number of benzene rings is 1. The fraction of sp³-hybridized carbons (Fsp3) is 0.588. The zero-order chi connectivity index (χ0) is 17.8. The summed E-state index contributed by atoms with van der Waals surface area (Å²) in [5, 5.41) is 5.97. The van der Waals surface area contributed by atoms with E-state index in [-0.39, 0.29) is 30.2 Å². The Morgan fingerprint density at radius 2 is 1.84 bits per heavy atom. The molecule has 136 valence electrons. The summed E-state index contributed by atoms with van der Waals surface area (Å²) in [5.74, 6) is -0.412. The molecule has 4 atom stereocenters. The molecule has 1 aromatic carbocycles. The topological polar surface area (TPSA) is 44.4 Å². The second-order valence-corrected chi connectivity index (χ2v) is 7.04. The highest BCUT2D eigenvalue weighted by molar-refractivity contribution is 5.76. The van der Waals surface area contributed by atoms with Gasteiger partial charge in [-0.25, -0.2) is 9.18 Å². The number of halogens is 4. The van der Waals surface area contributed by atoms with Crippen molar-refractivity contribution >= 4 is 6.03 Å². The van der Waals surface area contributed by atoms with Crippen molar-refractivity contribution in [2.45, 2.75) is 37.6 Å². The standard InChI is InChI=1S/C17H19F4N3O/c18-15-9(2-1-3-12(15)17(19,20)21)6-23-16(25)24-13-4-5-14(24)11-8-22-7-10(11)13/h1-3,10-11,13-14,22H,4-8H2,(H,23,25). The van der Waals surface area contributed by atoms with Crippen molar-refractivity contribution in [3.8, 4) is 0 Å². The van der Waals surface area contributed by atoms with Crippen LogP contribution in [-0.4, -0.2) is 36.1 Å². The second kappa shape index (κ2) is 5.86. The van der Waals surface area contributed by atoms with E-state index < -0.39 is 17.6 Å². The van der Waals surface area contributed by atoms with E-state index in [0.717, 1.165) is 32.0 Å². The minimum atomic E-state index is -4.75. The predicted molar refractivity (Wildman–Crippen MR) is 82.1 cm³/mol. The molecule has 3 fully saturated rings. The van der Waals surface area contributed by atoms with Crippen molar-refractivity contribution in [2.24, 2.45) is 11.8 Å². The summed E-state index contributed by atoms with van der Waals surface area (Å²) in [6, 6.07) is 3.17. The predicted octanol–water partition coefficient (Wildman–Crippen LogP) is 2.74. The van der Waals surface area contributed by atoms with Crippen molar-refractivity contribution in [3.63, 3.8) is 0 Å². The zero-order valence-corrected chi connectivity index (χ0v) is 13.4. The molecule has 2 N–H and O–H groups in total. The van der Waals surface area contributed by atoms with Crippen molar-refractivity contribution in [1.29, 1.82) is 0 Å². The third-order valence-electron chi connectivity index (χ3n) is 5.82. The van der Waals surface area contributed by atoms with Crippen molar-refractivity contribution in [2.75, 3.05) is 13.1 Å². The average molecular weight is 357 g/mol. The van der Waals surface area contributed by atoms with E-state index >= 15 is 0 Å². The Morgan fingerprint density at radius 3 is 2.44 bits per heavy atom. The second-order valence-electron chi connectivity index (χ2n) is 7.04. The molecule has 8 heteroatoms. The van der Waals surface area contributed by atoms with Gasteiger partial charge in [-0.05, 0) is 30.7 Å². The normalized spacial score (nSPS) is 30.6. The maximum Gasteiger partial charge on any atom is 0.419 e. The molecule has 0 spiro atoms. The number of nitrogens with one attached hydrogen (secondary N) is 2. The quantitative estimate of drug-likeness (QED) is 0.800. The lowest BCUT2D eigenvalue weighted by Gasteiger charge is -2.25. The maximum absolute atomic E-state index is 14.1. The van der Waals surface area contributed by atoms with Gasteiger partial charge in [-0.2, -0.15) is 13.2 Å². The first-order valence-electron chi connectivity index (χ1n) is 8.49. The molecule has 3 heterocycles. The fourth-order valence-electron chi connectivity index (χ4n) is 4.77. The number of rotatable bonds is 2. The Hall–Kier alpha value is -1.83.